The quantitative estimate of drug-likeness (QED) is 0.0697. The maximum Gasteiger partial charge on any atom is 0.417 e. The van der Waals surface area contributed by atoms with Crippen molar-refractivity contribution >= 4 is 46.3 Å². The van der Waals surface area contributed by atoms with Gasteiger partial charge < -0.3 is 25.8 Å². The third kappa shape index (κ3) is 14.7. The van der Waals surface area contributed by atoms with Crippen LogP contribution in [0, 0.1) is 23.3 Å². The maximum absolute atomic E-state index is 14.4. The Labute approximate surface area is 420 Å². The van der Waals surface area contributed by atoms with Crippen LogP contribution in [0.5, 0.6) is 23.3 Å². The van der Waals surface area contributed by atoms with Gasteiger partial charge in [0.2, 0.25) is 11.8 Å². The first kappa shape index (κ1) is 55.2. The molecule has 6 aromatic heterocycles. The van der Waals surface area contributed by atoms with Gasteiger partial charge in [-0.05, 0) is 18.2 Å². The van der Waals surface area contributed by atoms with E-state index in [9.17, 15) is 35.5 Å². The molecule has 2 amide bonds. The normalized spacial score (nSPS) is 10.6. The van der Waals surface area contributed by atoms with Gasteiger partial charge in [-0.3, -0.25) is 14.0 Å². The van der Waals surface area contributed by atoms with Crippen molar-refractivity contribution < 1.29 is 45.0 Å². The predicted octanol–water partition coefficient (Wildman–Crippen LogP) is 11.6. The van der Waals surface area contributed by atoms with Crippen LogP contribution in [0.15, 0.2) is 117 Å². The lowest BCUT2D eigenvalue weighted by molar-refractivity contribution is -0.137. The van der Waals surface area contributed by atoms with Gasteiger partial charge in [-0.25, -0.2) is 52.3 Å². The minimum Gasteiger partial charge on any atom is -0.436 e. The van der Waals surface area contributed by atoms with Crippen LogP contribution in [0.1, 0.15) is 20.4 Å². The molecule has 3 aromatic carbocycles. The highest BCUT2D eigenvalue weighted by Gasteiger charge is 2.33. The van der Waals surface area contributed by atoms with E-state index in [1.54, 1.807) is 65.2 Å². The number of rotatable bonds is 9. The largest absolute Gasteiger partial charge is 0.436 e. The fourth-order valence-corrected chi connectivity index (χ4v) is 6.29. The molecule has 0 radical (unpaired) electrons. The summed E-state index contributed by atoms with van der Waals surface area (Å²) in [4.78, 5) is 36.1. The fourth-order valence-electron chi connectivity index (χ4n) is 5.91. The number of hydrogen-bond acceptors (Lipinski definition) is 13. The van der Waals surface area contributed by atoms with Gasteiger partial charge in [-0.1, -0.05) is 38.1 Å². The van der Waals surface area contributed by atoms with Crippen molar-refractivity contribution in [3.05, 3.63) is 156 Å². The van der Waals surface area contributed by atoms with Crippen molar-refractivity contribution in [2.24, 2.45) is 21.1 Å². The number of nitrogens with one attached hydrogen (secondary N) is 2. The van der Waals surface area contributed by atoms with Crippen molar-refractivity contribution in [1.82, 2.24) is 59.2 Å². The number of anilines is 3. The summed E-state index contributed by atoms with van der Waals surface area (Å²) in [5.74, 6) is -4.61. The molecule has 18 nitrogen and oxygen atoms in total. The number of hydrogen-bond donors (Lipinski definition) is 3. The van der Waals surface area contributed by atoms with Gasteiger partial charge in [-0.15, -0.1) is 0 Å². The van der Waals surface area contributed by atoms with Crippen molar-refractivity contribution in [3.63, 3.8) is 0 Å². The van der Waals surface area contributed by atoms with Gasteiger partial charge in [0.05, 0.1) is 57.6 Å². The van der Waals surface area contributed by atoms with Gasteiger partial charge in [-0.2, -0.15) is 28.5 Å². The average molecular weight is 1050 g/mol. The summed E-state index contributed by atoms with van der Waals surface area (Å²) in [5, 5.41) is 16.2. The Bertz CT molecular complexity index is 3350. The number of nitrogens with two attached hydrogens (primary N) is 1. The van der Waals surface area contributed by atoms with Crippen LogP contribution >= 0.6 is 23.2 Å². The predicted molar refractivity (Wildman–Crippen MR) is 258 cm³/mol. The molecule has 0 aliphatic carbocycles. The van der Waals surface area contributed by atoms with Crippen molar-refractivity contribution in [3.8, 4) is 57.0 Å². The van der Waals surface area contributed by atoms with Crippen LogP contribution in [0.2, 0.25) is 10.2 Å². The van der Waals surface area contributed by atoms with Crippen LogP contribution in [-0.4, -0.2) is 65.3 Å². The Morgan fingerprint density at radius 2 is 1.05 bits per heavy atom. The molecule has 73 heavy (non-hydrogen) atoms. The standard InChI is InChI=1S/C22H14ClF5N6O2.C14H11F2N5O.C8H7ClN4.2CH4/c1-34-9-11(8-31-34)17-7-20(30-10-29-17)36-19-6-18(15(24)5-16(19)25)33-21(35)32-12-2-3-14(23)13(4-12)22(26,27)28;1-21-6-8(5-20-21)12-4-14(19-7-18-12)22-13-3-11(17)9(15)2-10(13)16;1-13-4-6(3-12-13)7-2-8(9)11-5-10-7;;/h2-10H,1H3,(H2,32,33,35);2-7H,17H2,1H3;2-5H,1H3;2*1H4. The Kier molecular flexibility index (Phi) is 18.1. The molecule has 0 aliphatic rings. The van der Waals surface area contributed by atoms with E-state index < -0.39 is 57.5 Å². The number of ether oxygens (including phenoxy) is 2. The molecule has 0 unspecified atom stereocenters. The molecule has 0 bridgehead atoms. The van der Waals surface area contributed by atoms with Gasteiger partial charge in [0, 0.05) is 105 Å². The number of halogens is 9. The zero-order valence-corrected chi connectivity index (χ0v) is 38.1. The van der Waals surface area contributed by atoms with Crippen LogP contribution in [0.4, 0.5) is 52.6 Å². The molecule has 0 saturated carbocycles. The van der Waals surface area contributed by atoms with E-state index in [4.69, 9.17) is 38.4 Å². The first-order valence-electron chi connectivity index (χ1n) is 19.9. The molecule has 9 aromatic rings. The Hall–Kier alpha value is -8.71. The van der Waals surface area contributed by atoms with E-state index in [1.807, 2.05) is 13.2 Å². The first-order valence-corrected chi connectivity index (χ1v) is 20.7. The summed E-state index contributed by atoms with van der Waals surface area (Å²) in [5.41, 5.74) is 7.37. The van der Waals surface area contributed by atoms with Gasteiger partial charge in [0.15, 0.2) is 23.1 Å². The maximum atomic E-state index is 14.4. The Morgan fingerprint density at radius 1 is 0.589 bits per heavy atom. The number of nitrogens with zero attached hydrogens (tertiary/aromatic N) is 12. The van der Waals surface area contributed by atoms with Crippen molar-refractivity contribution in [1.29, 1.82) is 0 Å². The van der Waals surface area contributed by atoms with E-state index in [2.05, 4.69) is 55.8 Å². The minimum atomic E-state index is -4.75. The second-order valence-corrected chi connectivity index (χ2v) is 15.3. The second kappa shape index (κ2) is 23.9. The lowest BCUT2D eigenvalue weighted by Gasteiger charge is -2.13. The Balaban J connectivity index is 0.000000226. The number of carbonyl (C=O) groups is 1. The minimum absolute atomic E-state index is 0. The lowest BCUT2D eigenvalue weighted by atomic mass is 10.2. The zero-order chi connectivity index (χ0) is 51.0. The number of aromatic nitrogens is 12. The van der Waals surface area contributed by atoms with E-state index in [1.165, 1.54) is 31.1 Å². The smallest absolute Gasteiger partial charge is 0.417 e. The number of nitrogen functional groups attached to an aromatic ring is 1. The third-order valence-electron chi connectivity index (χ3n) is 9.20. The highest BCUT2D eigenvalue weighted by atomic mass is 35.5. The average Bonchev–Trinajstić information content (AvgIpc) is 4.09. The molecule has 0 spiro atoms. The summed E-state index contributed by atoms with van der Waals surface area (Å²) in [6.45, 7) is 0. The molecule has 9 rings (SSSR count). The van der Waals surface area contributed by atoms with Gasteiger partial charge in [0.1, 0.15) is 35.8 Å². The first-order chi connectivity index (χ1) is 33.8. The van der Waals surface area contributed by atoms with E-state index in [0.717, 1.165) is 41.1 Å². The zero-order valence-electron chi connectivity index (χ0n) is 36.5. The summed E-state index contributed by atoms with van der Waals surface area (Å²) < 4.78 is 110. The van der Waals surface area contributed by atoms with Crippen molar-refractivity contribution in [2.45, 2.75) is 21.0 Å². The number of aryl methyl sites for hydroxylation is 3. The Morgan fingerprint density at radius 3 is 1.52 bits per heavy atom. The molecule has 0 fully saturated rings. The molecule has 4 N–H and O–H groups in total. The topological polar surface area (TPSA) is 216 Å². The summed E-state index contributed by atoms with van der Waals surface area (Å²) in [7, 11) is 5.34. The SMILES string of the molecule is C.C.Cn1cc(-c2cc(Cl)ncn2)cn1.Cn1cc(-c2cc(Oc3cc(N)c(F)cc3F)ncn2)cn1.Cn1cc(-c2cc(Oc3cc(NC(=O)Nc4ccc(Cl)c(C(F)(F)F)c4)c(F)cc3F)ncn2)cn1. The lowest BCUT2D eigenvalue weighted by Crippen LogP contribution is -2.20. The number of urea groups is 1. The van der Waals surface area contributed by atoms with E-state index in [-0.39, 0.29) is 43.7 Å². The monoisotopic (exact) mass is 1050 g/mol. The summed E-state index contributed by atoms with van der Waals surface area (Å²) >= 11 is 11.3. The fraction of sp³-hybridized carbons (Fsp3) is 0.130. The van der Waals surface area contributed by atoms with Crippen LogP contribution in [-0.2, 0) is 27.3 Å². The number of alkyl halides is 3. The van der Waals surface area contributed by atoms with Crippen molar-refractivity contribution in [2.75, 3.05) is 16.4 Å². The molecule has 380 valence electrons. The molecule has 0 aliphatic heterocycles. The van der Waals surface area contributed by atoms with Crippen LogP contribution < -0.4 is 25.8 Å². The van der Waals surface area contributed by atoms with Crippen LogP contribution in [0.3, 0.4) is 0 Å². The second-order valence-electron chi connectivity index (χ2n) is 14.5. The highest BCUT2D eigenvalue weighted by molar-refractivity contribution is 6.31. The number of carbonyl (C=O) groups excluding carboxylic acids is 1. The third-order valence-corrected chi connectivity index (χ3v) is 9.74. The molecule has 0 atom stereocenters. The van der Waals surface area contributed by atoms with E-state index in [0.29, 0.717) is 40.3 Å². The summed E-state index contributed by atoms with van der Waals surface area (Å²) in [6.07, 6.45) is 9.37. The van der Waals surface area contributed by atoms with E-state index >= 15 is 0 Å². The molecular formula is C46H40Cl2F7N15O3. The number of benzene rings is 3. The molecule has 0 saturated heterocycles. The van der Waals surface area contributed by atoms with Gasteiger partial charge in [0.25, 0.3) is 0 Å². The van der Waals surface area contributed by atoms with Crippen LogP contribution in [0.25, 0.3) is 33.8 Å². The van der Waals surface area contributed by atoms with Gasteiger partial charge >= 0.3 is 12.2 Å². The molecular weight excluding hydrogens is 1010 g/mol. The highest BCUT2D eigenvalue weighted by Crippen LogP contribution is 2.37. The summed E-state index contributed by atoms with van der Waals surface area (Å²) in [6, 6.07) is 9.29. The molecule has 6 heterocycles. The number of amides is 2. The molecule has 27 heteroatoms.